The molecule has 1 aliphatic heterocycles. The van der Waals surface area contributed by atoms with Crippen LogP contribution in [0, 0.1) is 6.92 Å². The van der Waals surface area contributed by atoms with Crippen LogP contribution in [0.5, 0.6) is 0 Å². The van der Waals surface area contributed by atoms with E-state index < -0.39 is 0 Å². The normalized spacial score (nSPS) is 14.2. The van der Waals surface area contributed by atoms with Crippen LogP contribution < -0.4 is 5.56 Å². The van der Waals surface area contributed by atoms with Gasteiger partial charge in [-0.2, -0.15) is 0 Å². The maximum atomic E-state index is 13.3. The second-order valence-electron chi connectivity index (χ2n) is 8.28. The van der Waals surface area contributed by atoms with Gasteiger partial charge < -0.3 is 4.90 Å². The highest BCUT2D eigenvalue weighted by molar-refractivity contribution is 8.00. The van der Waals surface area contributed by atoms with Crippen LogP contribution in [0.15, 0.2) is 64.5 Å². The van der Waals surface area contributed by atoms with E-state index in [9.17, 15) is 9.59 Å². The first kappa shape index (κ1) is 22.3. The van der Waals surface area contributed by atoms with Gasteiger partial charge in [0.2, 0.25) is 5.91 Å². The first-order valence-corrected chi connectivity index (χ1v) is 12.0. The molecule has 1 atom stereocenters. The Balaban J connectivity index is 1.53. The van der Waals surface area contributed by atoms with Gasteiger partial charge in [0.25, 0.3) is 5.56 Å². The van der Waals surface area contributed by atoms with Gasteiger partial charge in [-0.1, -0.05) is 73.3 Å². The fourth-order valence-electron chi connectivity index (χ4n) is 4.16. The van der Waals surface area contributed by atoms with Crippen molar-refractivity contribution in [3.8, 4) is 0 Å². The number of hydrogen-bond donors (Lipinski definition) is 0. The van der Waals surface area contributed by atoms with E-state index in [-0.39, 0.29) is 16.7 Å². The van der Waals surface area contributed by atoms with Crippen LogP contribution in [0.2, 0.25) is 0 Å². The number of amides is 1. The summed E-state index contributed by atoms with van der Waals surface area (Å²) in [5.41, 5.74) is 5.02. The highest BCUT2D eigenvalue weighted by Gasteiger charge is 2.28. The minimum Gasteiger partial charge on any atom is -0.337 e. The molecular formula is C26H29N3O2S. The summed E-state index contributed by atoms with van der Waals surface area (Å²) in [6.45, 7) is 5.28. The lowest BCUT2D eigenvalue weighted by molar-refractivity contribution is -0.131. The first-order chi connectivity index (χ1) is 15.5. The molecule has 3 aromatic rings. The van der Waals surface area contributed by atoms with Crippen LogP contribution in [0.3, 0.4) is 0 Å². The third-order valence-corrected chi connectivity index (χ3v) is 7.51. The minimum atomic E-state index is -0.266. The Morgan fingerprint density at radius 1 is 1.09 bits per heavy atom. The molecule has 6 heteroatoms. The maximum absolute atomic E-state index is 13.3. The standard InChI is InChI=1S/C26H29N3O2S/c1-4-23(25(31)29-15-14-20-12-8-9-13-21(20)17-29)32-26-27-18(2)22(24(30)28(26)3)16-19-10-6-5-7-11-19/h5-13,23H,4,14-17H2,1-3H3. The molecule has 1 aliphatic rings. The van der Waals surface area contributed by atoms with Crippen molar-refractivity contribution in [2.24, 2.45) is 7.05 Å². The number of aromatic nitrogens is 2. The Morgan fingerprint density at radius 2 is 1.78 bits per heavy atom. The largest absolute Gasteiger partial charge is 0.337 e. The molecule has 1 aromatic heterocycles. The summed E-state index contributed by atoms with van der Waals surface area (Å²) in [4.78, 5) is 33.1. The molecule has 1 amide bonds. The van der Waals surface area contributed by atoms with E-state index in [4.69, 9.17) is 4.98 Å². The van der Waals surface area contributed by atoms with Gasteiger partial charge in [-0.15, -0.1) is 0 Å². The van der Waals surface area contributed by atoms with Crippen LogP contribution in [0.25, 0.3) is 0 Å². The summed E-state index contributed by atoms with van der Waals surface area (Å²) in [6, 6.07) is 18.3. The second-order valence-corrected chi connectivity index (χ2v) is 9.45. The predicted molar refractivity (Wildman–Crippen MR) is 129 cm³/mol. The van der Waals surface area contributed by atoms with Crippen LogP contribution in [-0.2, 0) is 31.2 Å². The molecule has 5 nitrogen and oxygen atoms in total. The minimum absolute atomic E-state index is 0.0435. The Labute approximate surface area is 193 Å². The van der Waals surface area contributed by atoms with Crippen molar-refractivity contribution in [2.45, 2.75) is 50.1 Å². The first-order valence-electron chi connectivity index (χ1n) is 11.1. The molecule has 166 valence electrons. The van der Waals surface area contributed by atoms with E-state index in [1.807, 2.05) is 55.1 Å². The molecule has 0 saturated carbocycles. The lowest BCUT2D eigenvalue weighted by Gasteiger charge is -2.31. The van der Waals surface area contributed by atoms with Gasteiger partial charge in [-0.05, 0) is 36.5 Å². The molecule has 0 N–H and O–H groups in total. The molecule has 2 aromatic carbocycles. The summed E-state index contributed by atoms with van der Waals surface area (Å²) < 4.78 is 1.59. The van der Waals surface area contributed by atoms with Crippen LogP contribution in [-0.4, -0.2) is 32.2 Å². The number of aryl methyl sites for hydroxylation is 1. The summed E-state index contributed by atoms with van der Waals surface area (Å²) in [5, 5.41) is 0.333. The lowest BCUT2D eigenvalue weighted by Crippen LogP contribution is -2.41. The van der Waals surface area contributed by atoms with Crippen molar-refractivity contribution in [2.75, 3.05) is 6.54 Å². The molecule has 0 bridgehead atoms. The molecule has 0 aliphatic carbocycles. The molecule has 0 fully saturated rings. The average Bonchev–Trinajstić information content (AvgIpc) is 2.83. The Kier molecular flexibility index (Phi) is 6.80. The van der Waals surface area contributed by atoms with Crippen LogP contribution in [0.1, 0.15) is 41.3 Å². The molecular weight excluding hydrogens is 418 g/mol. The van der Waals surface area contributed by atoms with Crippen LogP contribution >= 0.6 is 11.8 Å². The van der Waals surface area contributed by atoms with Crippen LogP contribution in [0.4, 0.5) is 0 Å². The van der Waals surface area contributed by atoms with Gasteiger partial charge in [-0.3, -0.25) is 14.2 Å². The number of fused-ring (bicyclic) bond motifs is 1. The molecule has 1 unspecified atom stereocenters. The van der Waals surface area contributed by atoms with Crippen molar-refractivity contribution in [1.82, 2.24) is 14.5 Å². The van der Waals surface area contributed by atoms with Gasteiger partial charge >= 0.3 is 0 Å². The molecule has 4 rings (SSSR count). The average molecular weight is 448 g/mol. The number of carbonyl (C=O) groups excluding carboxylic acids is 1. The smallest absolute Gasteiger partial charge is 0.257 e. The van der Waals surface area contributed by atoms with E-state index in [0.29, 0.717) is 30.1 Å². The summed E-state index contributed by atoms with van der Waals surface area (Å²) in [5.74, 6) is 0.118. The van der Waals surface area contributed by atoms with Gasteiger partial charge in [-0.25, -0.2) is 4.98 Å². The van der Waals surface area contributed by atoms with Gasteiger partial charge in [0.1, 0.15) is 0 Å². The Bertz CT molecular complexity index is 1170. The lowest BCUT2D eigenvalue weighted by atomic mass is 9.99. The molecule has 2 heterocycles. The number of carbonyl (C=O) groups is 1. The fourth-order valence-corrected chi connectivity index (χ4v) is 5.26. The number of hydrogen-bond acceptors (Lipinski definition) is 4. The number of rotatable bonds is 6. The summed E-state index contributed by atoms with van der Waals surface area (Å²) in [6.07, 6.45) is 2.12. The zero-order valence-electron chi connectivity index (χ0n) is 18.9. The molecule has 32 heavy (non-hydrogen) atoms. The third kappa shape index (κ3) is 4.65. The number of benzene rings is 2. The van der Waals surface area contributed by atoms with Crippen molar-refractivity contribution >= 4 is 17.7 Å². The fraction of sp³-hybridized carbons (Fsp3) is 0.346. The molecule has 0 spiro atoms. The highest BCUT2D eigenvalue weighted by atomic mass is 32.2. The van der Waals surface area contributed by atoms with E-state index in [1.165, 1.54) is 22.9 Å². The Morgan fingerprint density at radius 3 is 2.50 bits per heavy atom. The van der Waals surface area contributed by atoms with Crippen molar-refractivity contribution in [1.29, 1.82) is 0 Å². The highest BCUT2D eigenvalue weighted by Crippen LogP contribution is 2.28. The van der Waals surface area contributed by atoms with Crippen molar-refractivity contribution < 1.29 is 4.79 Å². The second kappa shape index (κ2) is 9.74. The molecule has 0 radical (unpaired) electrons. The Hall–Kier alpha value is -2.86. The summed E-state index contributed by atoms with van der Waals surface area (Å²) in [7, 11) is 1.75. The SMILES string of the molecule is CCC(Sc1nc(C)c(Cc2ccccc2)c(=O)n1C)C(=O)N1CCc2ccccc2C1. The zero-order valence-corrected chi connectivity index (χ0v) is 19.7. The monoisotopic (exact) mass is 447 g/mol. The molecule has 0 saturated heterocycles. The third-order valence-electron chi connectivity index (χ3n) is 6.11. The predicted octanol–water partition coefficient (Wildman–Crippen LogP) is 4.14. The number of thioether (sulfide) groups is 1. The van der Waals surface area contributed by atoms with E-state index in [2.05, 4.69) is 18.2 Å². The maximum Gasteiger partial charge on any atom is 0.257 e. The quantitative estimate of drug-likeness (QED) is 0.421. The zero-order chi connectivity index (χ0) is 22.7. The van der Waals surface area contributed by atoms with Crippen molar-refractivity contribution in [3.63, 3.8) is 0 Å². The van der Waals surface area contributed by atoms with Gasteiger partial charge in [0, 0.05) is 37.8 Å². The van der Waals surface area contributed by atoms with Gasteiger partial charge in [0.15, 0.2) is 5.16 Å². The van der Waals surface area contributed by atoms with E-state index in [0.717, 1.165) is 24.2 Å². The van der Waals surface area contributed by atoms with E-state index >= 15 is 0 Å². The number of nitrogens with zero attached hydrogens (tertiary/aromatic N) is 3. The van der Waals surface area contributed by atoms with E-state index in [1.54, 1.807) is 11.6 Å². The topological polar surface area (TPSA) is 55.2 Å². The van der Waals surface area contributed by atoms with Crippen molar-refractivity contribution in [3.05, 3.63) is 92.9 Å². The van der Waals surface area contributed by atoms with Gasteiger partial charge in [0.05, 0.1) is 5.25 Å². The summed E-state index contributed by atoms with van der Waals surface area (Å²) >= 11 is 1.40.